The number of aromatic nitrogens is 3. The van der Waals surface area contributed by atoms with Crippen molar-refractivity contribution in [3.63, 3.8) is 0 Å². The summed E-state index contributed by atoms with van der Waals surface area (Å²) in [5.74, 6) is 0.0580. The first-order chi connectivity index (χ1) is 11.1. The maximum Gasteiger partial charge on any atom is 0.291 e. The second kappa shape index (κ2) is 6.39. The van der Waals surface area contributed by atoms with Gasteiger partial charge in [0.1, 0.15) is 11.6 Å². The molecular weight excluding hydrogens is 295 g/mol. The summed E-state index contributed by atoms with van der Waals surface area (Å²) in [6.07, 6.45) is 0. The molecule has 5 nitrogen and oxygen atoms in total. The van der Waals surface area contributed by atoms with Gasteiger partial charge in [-0.15, -0.1) is 5.10 Å². The Kier molecular flexibility index (Phi) is 4.14. The van der Waals surface area contributed by atoms with E-state index < -0.39 is 0 Å². The van der Waals surface area contributed by atoms with E-state index in [1.807, 2.05) is 30.3 Å². The molecule has 0 aliphatic carbocycles. The van der Waals surface area contributed by atoms with E-state index in [2.05, 4.69) is 15.4 Å². The molecule has 1 heterocycles. The second-order valence-corrected chi connectivity index (χ2v) is 5.04. The van der Waals surface area contributed by atoms with Crippen LogP contribution in [0.2, 0.25) is 0 Å². The molecule has 116 valence electrons. The first-order valence-electron chi connectivity index (χ1n) is 7.15. The summed E-state index contributed by atoms with van der Waals surface area (Å²) in [5, 5.41) is 6.97. The summed E-state index contributed by atoms with van der Waals surface area (Å²) >= 11 is 0. The Labute approximate surface area is 132 Å². The van der Waals surface area contributed by atoms with Crippen molar-refractivity contribution in [2.24, 2.45) is 0 Å². The number of halogens is 1. The van der Waals surface area contributed by atoms with Crippen molar-refractivity contribution < 1.29 is 9.18 Å². The molecule has 0 fully saturated rings. The Morgan fingerprint density at radius 3 is 2.52 bits per heavy atom. The van der Waals surface area contributed by atoms with Crippen LogP contribution in [0, 0.1) is 12.7 Å². The highest BCUT2D eigenvalue weighted by Gasteiger charge is 2.14. The lowest BCUT2D eigenvalue weighted by Gasteiger charge is -2.03. The molecule has 2 aromatic carbocycles. The maximum atomic E-state index is 12.8. The normalized spacial score (nSPS) is 10.5. The molecule has 1 N–H and O–H groups in total. The molecule has 23 heavy (non-hydrogen) atoms. The van der Waals surface area contributed by atoms with Crippen LogP contribution in [0.15, 0.2) is 54.6 Å². The van der Waals surface area contributed by atoms with Crippen molar-refractivity contribution in [2.75, 3.05) is 0 Å². The van der Waals surface area contributed by atoms with E-state index in [-0.39, 0.29) is 24.1 Å². The maximum absolute atomic E-state index is 12.8. The van der Waals surface area contributed by atoms with Crippen molar-refractivity contribution in [1.82, 2.24) is 20.1 Å². The van der Waals surface area contributed by atoms with E-state index in [0.29, 0.717) is 5.82 Å². The van der Waals surface area contributed by atoms with Crippen LogP contribution < -0.4 is 5.32 Å². The molecule has 0 unspecified atom stereocenters. The smallest absolute Gasteiger partial charge is 0.291 e. The molecule has 1 amide bonds. The monoisotopic (exact) mass is 310 g/mol. The van der Waals surface area contributed by atoms with Gasteiger partial charge in [0.2, 0.25) is 5.82 Å². The number of hydrogen-bond acceptors (Lipinski definition) is 3. The molecule has 0 saturated carbocycles. The Morgan fingerprint density at radius 1 is 1.13 bits per heavy atom. The number of carbonyl (C=O) groups excluding carboxylic acids is 1. The van der Waals surface area contributed by atoms with Gasteiger partial charge in [0.05, 0.1) is 5.69 Å². The summed E-state index contributed by atoms with van der Waals surface area (Å²) in [6, 6.07) is 15.4. The van der Waals surface area contributed by atoms with Gasteiger partial charge in [0.25, 0.3) is 5.91 Å². The van der Waals surface area contributed by atoms with Crippen LogP contribution in [0.3, 0.4) is 0 Å². The van der Waals surface area contributed by atoms with Gasteiger partial charge in [0.15, 0.2) is 0 Å². The Bertz CT molecular complexity index is 812. The van der Waals surface area contributed by atoms with Crippen LogP contribution in [0.1, 0.15) is 22.0 Å². The van der Waals surface area contributed by atoms with Crippen LogP contribution in [-0.2, 0) is 6.54 Å². The minimum absolute atomic E-state index is 0.105. The van der Waals surface area contributed by atoms with Crippen LogP contribution in [0.5, 0.6) is 0 Å². The summed E-state index contributed by atoms with van der Waals surface area (Å²) in [7, 11) is 0. The number of amides is 1. The quantitative estimate of drug-likeness (QED) is 0.806. The number of para-hydroxylation sites is 1. The molecule has 0 saturated heterocycles. The lowest BCUT2D eigenvalue weighted by molar-refractivity contribution is 0.0940. The molecule has 0 spiro atoms. The highest BCUT2D eigenvalue weighted by Crippen LogP contribution is 2.09. The van der Waals surface area contributed by atoms with E-state index >= 15 is 0 Å². The van der Waals surface area contributed by atoms with Gasteiger partial charge in [-0.05, 0) is 36.8 Å². The summed E-state index contributed by atoms with van der Waals surface area (Å²) in [5.41, 5.74) is 1.65. The average Bonchev–Trinajstić information content (AvgIpc) is 2.97. The zero-order valence-corrected chi connectivity index (χ0v) is 12.5. The first kappa shape index (κ1) is 14.9. The number of rotatable bonds is 4. The van der Waals surface area contributed by atoms with Gasteiger partial charge >= 0.3 is 0 Å². The molecule has 0 aliphatic heterocycles. The number of nitrogens with zero attached hydrogens (tertiary/aromatic N) is 3. The van der Waals surface area contributed by atoms with Crippen molar-refractivity contribution in [3.05, 3.63) is 77.6 Å². The predicted octanol–water partition coefficient (Wildman–Crippen LogP) is 2.64. The molecule has 3 rings (SSSR count). The molecule has 3 aromatic rings. The van der Waals surface area contributed by atoms with E-state index in [9.17, 15) is 9.18 Å². The van der Waals surface area contributed by atoms with Crippen LogP contribution in [0.4, 0.5) is 4.39 Å². The number of nitrogens with one attached hydrogen (secondary N) is 1. The van der Waals surface area contributed by atoms with E-state index in [0.717, 1.165) is 11.3 Å². The van der Waals surface area contributed by atoms with Crippen molar-refractivity contribution in [3.8, 4) is 5.69 Å². The summed E-state index contributed by atoms with van der Waals surface area (Å²) in [4.78, 5) is 16.4. The average molecular weight is 310 g/mol. The largest absolute Gasteiger partial charge is 0.345 e. The third kappa shape index (κ3) is 3.42. The number of carbonyl (C=O) groups is 1. The molecule has 1 aromatic heterocycles. The minimum Gasteiger partial charge on any atom is -0.345 e. The molecule has 0 aliphatic rings. The molecule has 0 atom stereocenters. The van der Waals surface area contributed by atoms with Crippen molar-refractivity contribution >= 4 is 5.91 Å². The Balaban J connectivity index is 1.72. The standard InChI is InChI=1S/C17H15FN4O/c1-12-20-16(21-22(12)15-5-3-2-4-6-15)17(23)19-11-13-7-9-14(18)10-8-13/h2-10H,11H2,1H3,(H,19,23). The van der Waals surface area contributed by atoms with E-state index in [1.165, 1.54) is 12.1 Å². The molecule has 6 heteroatoms. The number of benzene rings is 2. The Hall–Kier alpha value is -3.02. The van der Waals surface area contributed by atoms with Gasteiger partial charge in [-0.1, -0.05) is 30.3 Å². The van der Waals surface area contributed by atoms with Crippen LogP contribution >= 0.6 is 0 Å². The lowest BCUT2D eigenvalue weighted by Crippen LogP contribution is -2.24. The fourth-order valence-electron chi connectivity index (χ4n) is 2.16. The van der Waals surface area contributed by atoms with E-state index in [1.54, 1.807) is 23.7 Å². The van der Waals surface area contributed by atoms with Crippen molar-refractivity contribution in [2.45, 2.75) is 13.5 Å². The number of aryl methyl sites for hydroxylation is 1. The topological polar surface area (TPSA) is 59.8 Å². The van der Waals surface area contributed by atoms with Gasteiger partial charge in [-0.2, -0.15) is 0 Å². The summed E-state index contributed by atoms with van der Waals surface area (Å²) in [6.45, 7) is 2.08. The zero-order valence-electron chi connectivity index (χ0n) is 12.5. The minimum atomic E-state index is -0.368. The second-order valence-electron chi connectivity index (χ2n) is 5.04. The fourth-order valence-corrected chi connectivity index (χ4v) is 2.16. The van der Waals surface area contributed by atoms with E-state index in [4.69, 9.17) is 0 Å². The van der Waals surface area contributed by atoms with Gasteiger partial charge in [0, 0.05) is 6.54 Å². The van der Waals surface area contributed by atoms with Gasteiger partial charge < -0.3 is 5.32 Å². The Morgan fingerprint density at radius 2 is 1.83 bits per heavy atom. The lowest BCUT2D eigenvalue weighted by atomic mass is 10.2. The molecule has 0 radical (unpaired) electrons. The van der Waals surface area contributed by atoms with Crippen LogP contribution in [0.25, 0.3) is 5.69 Å². The van der Waals surface area contributed by atoms with Gasteiger partial charge in [-0.25, -0.2) is 14.1 Å². The van der Waals surface area contributed by atoms with Crippen LogP contribution in [-0.4, -0.2) is 20.7 Å². The highest BCUT2D eigenvalue weighted by atomic mass is 19.1. The van der Waals surface area contributed by atoms with Gasteiger partial charge in [-0.3, -0.25) is 4.79 Å². The third-order valence-electron chi connectivity index (χ3n) is 3.34. The zero-order chi connectivity index (χ0) is 16.2. The number of hydrogen-bond donors (Lipinski definition) is 1. The third-order valence-corrected chi connectivity index (χ3v) is 3.34. The predicted molar refractivity (Wildman–Crippen MR) is 83.7 cm³/mol. The summed E-state index contributed by atoms with van der Waals surface area (Å²) < 4.78 is 14.5. The first-order valence-corrected chi connectivity index (χ1v) is 7.15. The molecule has 0 bridgehead atoms. The highest BCUT2D eigenvalue weighted by molar-refractivity contribution is 5.90. The SMILES string of the molecule is Cc1nc(C(=O)NCc2ccc(F)cc2)nn1-c1ccccc1. The molecular formula is C17H15FN4O. The van der Waals surface area contributed by atoms with Crippen molar-refractivity contribution in [1.29, 1.82) is 0 Å². The fraction of sp³-hybridized carbons (Fsp3) is 0.118.